The summed E-state index contributed by atoms with van der Waals surface area (Å²) in [6, 6.07) is 14.0. The highest BCUT2D eigenvalue weighted by molar-refractivity contribution is 7.93. The first-order valence-corrected chi connectivity index (χ1v) is 11.7. The molecular formula is C19H18N4O6S2. The van der Waals surface area contributed by atoms with Crippen LogP contribution in [0.15, 0.2) is 76.7 Å². The lowest BCUT2D eigenvalue weighted by atomic mass is 10.2. The molecule has 0 fully saturated rings. The Bertz CT molecular complexity index is 1320. The monoisotopic (exact) mass is 462 g/mol. The van der Waals surface area contributed by atoms with Crippen molar-refractivity contribution in [2.75, 3.05) is 11.8 Å². The van der Waals surface area contributed by atoms with Gasteiger partial charge in [0.15, 0.2) is 0 Å². The van der Waals surface area contributed by atoms with Crippen molar-refractivity contribution in [2.24, 2.45) is 5.73 Å². The molecule has 0 aliphatic rings. The molecule has 1 aromatic heterocycles. The van der Waals surface area contributed by atoms with Crippen LogP contribution in [0.25, 0.3) is 0 Å². The zero-order chi connectivity index (χ0) is 22.6. The molecule has 0 saturated heterocycles. The third-order valence-electron chi connectivity index (χ3n) is 4.02. The maximum atomic E-state index is 12.6. The second kappa shape index (κ2) is 8.71. The number of hydrogen-bond donors (Lipinski definition) is 3. The Morgan fingerprint density at radius 1 is 0.935 bits per heavy atom. The molecule has 0 unspecified atom stereocenters. The summed E-state index contributed by atoms with van der Waals surface area (Å²) in [5.74, 6) is -0.110. The summed E-state index contributed by atoms with van der Waals surface area (Å²) in [7, 11) is -6.63. The minimum Gasteiger partial charge on any atom is -0.439 e. The molecule has 0 aliphatic carbocycles. The first-order chi connectivity index (χ1) is 14.6. The molecule has 0 aliphatic heterocycles. The van der Waals surface area contributed by atoms with Crippen molar-refractivity contribution in [3.63, 3.8) is 0 Å². The number of nitrogens with zero attached hydrogens (tertiary/aromatic N) is 1. The summed E-state index contributed by atoms with van der Waals surface area (Å²) in [6.07, 6.45) is 1.24. The fourth-order valence-corrected chi connectivity index (χ4v) is 4.41. The number of amides is 1. The minimum absolute atomic E-state index is 0.139. The number of ether oxygens (including phenoxy) is 1. The van der Waals surface area contributed by atoms with Gasteiger partial charge in [0, 0.05) is 11.6 Å². The van der Waals surface area contributed by atoms with Gasteiger partial charge in [-0.25, -0.2) is 26.5 Å². The second-order valence-corrected chi connectivity index (χ2v) is 9.74. The summed E-state index contributed by atoms with van der Waals surface area (Å²) in [4.78, 5) is 14.9. The number of nitrogens with one attached hydrogen (secondary N) is 2. The van der Waals surface area contributed by atoms with Crippen molar-refractivity contribution in [3.05, 3.63) is 72.4 Å². The molecule has 10 nitrogen and oxygen atoms in total. The molecule has 0 spiro atoms. The van der Waals surface area contributed by atoms with Crippen LogP contribution in [0.3, 0.4) is 0 Å². The molecule has 3 rings (SSSR count). The minimum atomic E-state index is -4.07. The zero-order valence-corrected chi connectivity index (χ0v) is 17.8. The van der Waals surface area contributed by atoms with Gasteiger partial charge in [-0.15, -0.1) is 0 Å². The van der Waals surface area contributed by atoms with E-state index in [-0.39, 0.29) is 26.9 Å². The molecule has 2 aromatic carbocycles. The third-order valence-corrected chi connectivity index (χ3v) is 6.82. The largest absolute Gasteiger partial charge is 0.439 e. The summed E-state index contributed by atoms with van der Waals surface area (Å²) in [5.41, 5.74) is 5.64. The Morgan fingerprint density at radius 3 is 2.23 bits per heavy atom. The van der Waals surface area contributed by atoms with Crippen molar-refractivity contribution < 1.29 is 26.4 Å². The second-order valence-electron chi connectivity index (χ2n) is 6.17. The lowest BCUT2D eigenvalue weighted by Gasteiger charge is -2.10. The summed E-state index contributed by atoms with van der Waals surface area (Å²) < 4.78 is 59.0. The van der Waals surface area contributed by atoms with Gasteiger partial charge in [-0.2, -0.15) is 0 Å². The van der Waals surface area contributed by atoms with E-state index in [1.807, 2.05) is 0 Å². The third kappa shape index (κ3) is 5.36. The standard InChI is InChI=1S/C19H18N4O6S2/c1-21-30(25,26)16-6-3-7-17(11-16)31(27,28)23-14-8-9-18(22-12-14)29-15-5-2-4-13(10-15)19(20)24/h2-12,21,23H,1H3,(H2,20,24). The average Bonchev–Trinajstić information content (AvgIpc) is 2.75. The highest BCUT2D eigenvalue weighted by Gasteiger charge is 2.19. The van der Waals surface area contributed by atoms with Crippen molar-refractivity contribution in [2.45, 2.75) is 9.79 Å². The van der Waals surface area contributed by atoms with Crippen LogP contribution in [-0.4, -0.2) is 34.8 Å². The van der Waals surface area contributed by atoms with Crippen molar-refractivity contribution in [3.8, 4) is 11.6 Å². The van der Waals surface area contributed by atoms with E-state index in [9.17, 15) is 21.6 Å². The van der Waals surface area contributed by atoms with E-state index in [1.54, 1.807) is 12.1 Å². The Balaban J connectivity index is 1.77. The smallest absolute Gasteiger partial charge is 0.261 e. The molecule has 4 N–H and O–H groups in total. The van der Waals surface area contributed by atoms with Crippen LogP contribution < -0.4 is 19.9 Å². The first kappa shape index (κ1) is 22.2. The average molecular weight is 463 g/mol. The number of carbonyl (C=O) groups is 1. The molecule has 0 saturated carbocycles. The Morgan fingerprint density at radius 2 is 1.61 bits per heavy atom. The predicted molar refractivity (Wildman–Crippen MR) is 113 cm³/mol. The van der Waals surface area contributed by atoms with E-state index in [0.717, 1.165) is 6.07 Å². The number of aromatic nitrogens is 1. The fourth-order valence-electron chi connectivity index (χ4n) is 2.48. The molecular weight excluding hydrogens is 444 g/mol. The molecule has 0 atom stereocenters. The highest BCUT2D eigenvalue weighted by atomic mass is 32.2. The Labute approximate surface area is 179 Å². The van der Waals surface area contributed by atoms with Gasteiger partial charge in [0.05, 0.1) is 21.7 Å². The number of pyridine rings is 1. The number of rotatable bonds is 8. The highest BCUT2D eigenvalue weighted by Crippen LogP contribution is 2.23. The Hall–Kier alpha value is -3.48. The molecule has 0 radical (unpaired) electrons. The summed E-state index contributed by atoms with van der Waals surface area (Å²) in [6.45, 7) is 0. The summed E-state index contributed by atoms with van der Waals surface area (Å²) in [5, 5.41) is 0. The van der Waals surface area contributed by atoms with E-state index >= 15 is 0 Å². The number of nitrogens with two attached hydrogens (primary N) is 1. The van der Waals surface area contributed by atoms with E-state index in [1.165, 1.54) is 55.7 Å². The number of primary amides is 1. The van der Waals surface area contributed by atoms with Gasteiger partial charge in [0.2, 0.25) is 21.8 Å². The molecule has 3 aromatic rings. The first-order valence-electron chi connectivity index (χ1n) is 8.71. The molecule has 0 bridgehead atoms. The van der Waals surface area contributed by atoms with Gasteiger partial charge in [0.25, 0.3) is 10.0 Å². The van der Waals surface area contributed by atoms with Gasteiger partial charge in [0.1, 0.15) is 5.75 Å². The number of hydrogen-bond acceptors (Lipinski definition) is 7. The number of sulfonamides is 2. The van der Waals surface area contributed by atoms with Crippen LogP contribution in [0.2, 0.25) is 0 Å². The number of anilines is 1. The summed E-state index contributed by atoms with van der Waals surface area (Å²) >= 11 is 0. The van der Waals surface area contributed by atoms with Gasteiger partial charge in [-0.05, 0) is 49.5 Å². The normalized spacial score (nSPS) is 11.6. The lowest BCUT2D eigenvalue weighted by Crippen LogP contribution is -2.19. The van der Waals surface area contributed by atoms with Crippen LogP contribution in [0.5, 0.6) is 11.6 Å². The maximum Gasteiger partial charge on any atom is 0.261 e. The maximum absolute atomic E-state index is 12.6. The van der Waals surface area contributed by atoms with Crippen LogP contribution in [0.1, 0.15) is 10.4 Å². The van der Waals surface area contributed by atoms with Crippen LogP contribution >= 0.6 is 0 Å². The Kier molecular flexibility index (Phi) is 6.24. The van der Waals surface area contributed by atoms with Gasteiger partial charge >= 0.3 is 0 Å². The topological polar surface area (TPSA) is 158 Å². The van der Waals surface area contributed by atoms with Crippen molar-refractivity contribution in [1.29, 1.82) is 0 Å². The SMILES string of the molecule is CNS(=O)(=O)c1cccc(S(=O)(=O)Nc2ccc(Oc3cccc(C(N)=O)c3)nc2)c1. The lowest BCUT2D eigenvalue weighted by molar-refractivity contribution is 0.1000. The van der Waals surface area contributed by atoms with Crippen molar-refractivity contribution in [1.82, 2.24) is 9.71 Å². The van der Waals surface area contributed by atoms with E-state index in [2.05, 4.69) is 14.4 Å². The molecule has 162 valence electrons. The molecule has 12 heteroatoms. The van der Waals surface area contributed by atoms with E-state index < -0.39 is 26.0 Å². The molecule has 31 heavy (non-hydrogen) atoms. The van der Waals surface area contributed by atoms with E-state index in [4.69, 9.17) is 10.5 Å². The fraction of sp³-hybridized carbons (Fsp3) is 0.0526. The number of benzene rings is 2. The van der Waals surface area contributed by atoms with Gasteiger partial charge < -0.3 is 10.5 Å². The number of carbonyl (C=O) groups excluding carboxylic acids is 1. The van der Waals surface area contributed by atoms with Crippen LogP contribution in [0.4, 0.5) is 5.69 Å². The van der Waals surface area contributed by atoms with Crippen molar-refractivity contribution >= 4 is 31.6 Å². The van der Waals surface area contributed by atoms with Crippen LogP contribution in [-0.2, 0) is 20.0 Å². The van der Waals surface area contributed by atoms with Gasteiger partial charge in [-0.1, -0.05) is 12.1 Å². The molecule has 1 amide bonds. The predicted octanol–water partition coefficient (Wildman–Crippen LogP) is 1.68. The van der Waals surface area contributed by atoms with Gasteiger partial charge in [-0.3, -0.25) is 9.52 Å². The van der Waals surface area contributed by atoms with Crippen LogP contribution in [0, 0.1) is 0 Å². The van der Waals surface area contributed by atoms with E-state index in [0.29, 0.717) is 5.75 Å². The quantitative estimate of drug-likeness (QED) is 0.459. The molecule has 1 heterocycles. The zero-order valence-electron chi connectivity index (χ0n) is 16.1.